The lowest BCUT2D eigenvalue weighted by Gasteiger charge is -2.34. The fraction of sp³-hybridized carbons (Fsp3) is 0.667. The lowest BCUT2D eigenvalue weighted by molar-refractivity contribution is 0.0264. The molecule has 1 aromatic carbocycles. The van der Waals surface area contributed by atoms with E-state index in [9.17, 15) is 8.42 Å². The molecule has 0 spiro atoms. The Morgan fingerprint density at radius 1 is 1.21 bits per heavy atom. The number of nitrogens with zero attached hydrogens (tertiary/aromatic N) is 2. The van der Waals surface area contributed by atoms with Gasteiger partial charge in [-0.2, -0.15) is 0 Å². The Bertz CT molecular complexity index is 750. The molecule has 1 saturated heterocycles. The maximum absolute atomic E-state index is 12.6. The number of nitrogens with one attached hydrogen (secondary N) is 1. The average Bonchev–Trinajstić information content (AvgIpc) is 2.66. The Labute approximate surface area is 193 Å². The first-order valence-electron chi connectivity index (χ1n) is 10.1. The summed E-state index contributed by atoms with van der Waals surface area (Å²) < 4.78 is 31.0. The van der Waals surface area contributed by atoms with Gasteiger partial charge in [0.05, 0.1) is 16.8 Å². The smallest absolute Gasteiger partial charge is 0.193 e. The minimum atomic E-state index is -3.33. The molecule has 0 saturated carbocycles. The van der Waals surface area contributed by atoms with Crippen LogP contribution in [-0.2, 0) is 20.0 Å². The number of hydrogen-bond acceptors (Lipinski definition) is 4. The summed E-state index contributed by atoms with van der Waals surface area (Å²) in [6, 6.07) is 7.23. The number of ether oxygens (including phenoxy) is 1. The highest BCUT2D eigenvalue weighted by molar-refractivity contribution is 14.0. The summed E-state index contributed by atoms with van der Waals surface area (Å²) in [6.07, 6.45) is 2.25. The fourth-order valence-corrected chi connectivity index (χ4v) is 4.54. The predicted molar refractivity (Wildman–Crippen MR) is 130 cm³/mol. The van der Waals surface area contributed by atoms with Crippen LogP contribution in [0.1, 0.15) is 46.1 Å². The molecule has 1 aliphatic rings. The van der Waals surface area contributed by atoms with E-state index in [2.05, 4.69) is 36.0 Å². The van der Waals surface area contributed by atoms with Gasteiger partial charge in [-0.15, -0.1) is 24.0 Å². The zero-order valence-electron chi connectivity index (χ0n) is 18.3. The highest BCUT2D eigenvalue weighted by Gasteiger charge is 2.22. The van der Waals surface area contributed by atoms with Crippen LogP contribution in [0.25, 0.3) is 0 Å². The third kappa shape index (κ3) is 7.71. The Morgan fingerprint density at radius 2 is 1.79 bits per heavy atom. The Morgan fingerprint density at radius 3 is 2.28 bits per heavy atom. The molecule has 1 aliphatic heterocycles. The molecule has 1 fully saturated rings. The van der Waals surface area contributed by atoms with Crippen molar-refractivity contribution >= 4 is 39.8 Å². The second kappa shape index (κ2) is 11.5. The maximum atomic E-state index is 12.6. The molecule has 29 heavy (non-hydrogen) atoms. The minimum Gasteiger partial charge on any atom is -0.378 e. The van der Waals surface area contributed by atoms with Gasteiger partial charge >= 0.3 is 0 Å². The molecule has 0 atom stereocenters. The van der Waals surface area contributed by atoms with Gasteiger partial charge in [-0.25, -0.2) is 8.42 Å². The van der Waals surface area contributed by atoms with Gasteiger partial charge in [0.25, 0.3) is 0 Å². The zero-order valence-corrected chi connectivity index (χ0v) is 21.4. The van der Waals surface area contributed by atoms with Gasteiger partial charge in [-0.05, 0) is 42.9 Å². The van der Waals surface area contributed by atoms with Crippen molar-refractivity contribution in [3.05, 3.63) is 29.8 Å². The SMILES string of the molecule is CCOC1CCN(C(=NC)NCCS(=O)(=O)c2ccc(C(C)(C)C)cc2)CC1.I. The van der Waals surface area contributed by atoms with Crippen molar-refractivity contribution < 1.29 is 13.2 Å². The molecule has 8 heteroatoms. The molecule has 2 rings (SSSR count). The van der Waals surface area contributed by atoms with E-state index in [1.807, 2.05) is 19.1 Å². The predicted octanol–water partition coefficient (Wildman–Crippen LogP) is 3.45. The lowest BCUT2D eigenvalue weighted by atomic mass is 9.87. The van der Waals surface area contributed by atoms with Crippen molar-refractivity contribution in [2.45, 2.75) is 57.0 Å². The van der Waals surface area contributed by atoms with E-state index >= 15 is 0 Å². The summed E-state index contributed by atoms with van der Waals surface area (Å²) in [5.41, 5.74) is 1.13. The molecular formula is C21H36IN3O3S. The monoisotopic (exact) mass is 537 g/mol. The molecule has 1 aromatic rings. The van der Waals surface area contributed by atoms with Crippen LogP contribution in [0.4, 0.5) is 0 Å². The number of aliphatic imine (C=N–C) groups is 1. The zero-order chi connectivity index (χ0) is 20.8. The molecule has 1 N–H and O–H groups in total. The largest absolute Gasteiger partial charge is 0.378 e. The summed E-state index contributed by atoms with van der Waals surface area (Å²) in [5, 5.41) is 3.20. The number of piperidine rings is 1. The van der Waals surface area contributed by atoms with Gasteiger partial charge in [0.2, 0.25) is 0 Å². The van der Waals surface area contributed by atoms with Crippen LogP contribution < -0.4 is 5.32 Å². The summed E-state index contributed by atoms with van der Waals surface area (Å²) >= 11 is 0. The first-order valence-corrected chi connectivity index (χ1v) is 11.7. The van der Waals surface area contributed by atoms with Gasteiger partial charge < -0.3 is 15.0 Å². The van der Waals surface area contributed by atoms with E-state index in [0.29, 0.717) is 17.5 Å². The van der Waals surface area contributed by atoms with Crippen molar-refractivity contribution in [3.8, 4) is 0 Å². The first-order chi connectivity index (χ1) is 13.2. The summed E-state index contributed by atoms with van der Waals surface area (Å²) in [4.78, 5) is 6.85. The van der Waals surface area contributed by atoms with Crippen LogP contribution in [0.15, 0.2) is 34.2 Å². The van der Waals surface area contributed by atoms with Crippen LogP contribution in [0, 0.1) is 0 Å². The van der Waals surface area contributed by atoms with Crippen LogP contribution in [0.5, 0.6) is 0 Å². The maximum Gasteiger partial charge on any atom is 0.193 e. The van der Waals surface area contributed by atoms with E-state index < -0.39 is 9.84 Å². The van der Waals surface area contributed by atoms with Crippen molar-refractivity contribution in [1.82, 2.24) is 10.2 Å². The van der Waals surface area contributed by atoms with Gasteiger partial charge in [0.15, 0.2) is 15.8 Å². The fourth-order valence-electron chi connectivity index (χ4n) is 3.38. The van der Waals surface area contributed by atoms with Gasteiger partial charge in [0, 0.05) is 33.3 Å². The number of benzene rings is 1. The van der Waals surface area contributed by atoms with Crippen molar-refractivity contribution in [3.63, 3.8) is 0 Å². The Balaban J connectivity index is 0.00000420. The third-order valence-electron chi connectivity index (χ3n) is 5.09. The van der Waals surface area contributed by atoms with Gasteiger partial charge in [-0.1, -0.05) is 32.9 Å². The molecule has 0 bridgehead atoms. The van der Waals surface area contributed by atoms with Crippen molar-refractivity contribution in [2.75, 3.05) is 39.0 Å². The number of likely N-dealkylation sites (tertiary alicyclic amines) is 1. The summed E-state index contributed by atoms with van der Waals surface area (Å²) in [7, 11) is -1.60. The number of sulfone groups is 1. The van der Waals surface area contributed by atoms with E-state index in [1.54, 1.807) is 19.2 Å². The van der Waals surface area contributed by atoms with Crippen LogP contribution in [0.3, 0.4) is 0 Å². The van der Waals surface area contributed by atoms with Crippen LogP contribution in [0.2, 0.25) is 0 Å². The third-order valence-corrected chi connectivity index (χ3v) is 6.82. The van der Waals surface area contributed by atoms with Gasteiger partial charge in [-0.3, -0.25) is 4.99 Å². The Kier molecular flexibility index (Phi) is 10.4. The van der Waals surface area contributed by atoms with E-state index in [-0.39, 0.29) is 35.1 Å². The van der Waals surface area contributed by atoms with E-state index in [0.717, 1.165) is 44.1 Å². The molecule has 166 valence electrons. The molecule has 1 heterocycles. The summed E-state index contributed by atoms with van der Waals surface area (Å²) in [5.74, 6) is 0.796. The van der Waals surface area contributed by atoms with E-state index in [4.69, 9.17) is 4.74 Å². The number of guanidine groups is 1. The lowest BCUT2D eigenvalue weighted by Crippen LogP contribution is -2.47. The summed E-state index contributed by atoms with van der Waals surface area (Å²) in [6.45, 7) is 11.2. The highest BCUT2D eigenvalue weighted by atomic mass is 127. The molecule has 0 radical (unpaired) electrons. The first kappa shape index (κ1) is 26.2. The minimum absolute atomic E-state index is 0. The van der Waals surface area contributed by atoms with Crippen LogP contribution in [-0.4, -0.2) is 64.4 Å². The van der Waals surface area contributed by atoms with Gasteiger partial charge in [0.1, 0.15) is 0 Å². The highest BCUT2D eigenvalue weighted by Crippen LogP contribution is 2.23. The number of hydrogen-bond donors (Lipinski definition) is 1. The molecular weight excluding hydrogens is 501 g/mol. The normalized spacial score (nSPS) is 16.4. The molecule has 6 nitrogen and oxygen atoms in total. The molecule has 0 unspecified atom stereocenters. The quantitative estimate of drug-likeness (QED) is 0.342. The molecule has 0 aliphatic carbocycles. The van der Waals surface area contributed by atoms with E-state index in [1.165, 1.54) is 0 Å². The Hall–Kier alpha value is -0.870. The van der Waals surface area contributed by atoms with Crippen molar-refractivity contribution in [1.29, 1.82) is 0 Å². The van der Waals surface area contributed by atoms with Crippen LogP contribution >= 0.6 is 24.0 Å². The topological polar surface area (TPSA) is 71.0 Å². The van der Waals surface area contributed by atoms with Crippen molar-refractivity contribution in [2.24, 2.45) is 4.99 Å². The second-order valence-electron chi connectivity index (χ2n) is 8.21. The molecule has 0 amide bonds. The standard InChI is InChI=1S/C21H35N3O3S.HI/c1-6-27-18-11-14-24(15-12-18)20(22-5)23-13-16-28(25,26)19-9-7-17(8-10-19)21(2,3)4;/h7-10,18H,6,11-16H2,1-5H3,(H,22,23);1H. The number of rotatable bonds is 6. The second-order valence-corrected chi connectivity index (χ2v) is 10.3. The number of halogens is 1. The molecule has 0 aromatic heterocycles. The average molecular weight is 538 g/mol.